The average molecular weight is 364 g/mol. The second-order valence-corrected chi connectivity index (χ2v) is 5.90. The molecule has 0 bridgehead atoms. The smallest absolute Gasteiger partial charge is 0.347 e. The summed E-state index contributed by atoms with van der Waals surface area (Å²) in [6.45, 7) is 3.63. The van der Waals surface area contributed by atoms with E-state index in [2.05, 4.69) is 0 Å². The SMILES string of the molecule is CCOC(=O)[C@H](C)Oc1ccc2c(c1)O/C(=C\C=C\c1ccccc1)C2=O. The molecule has 27 heavy (non-hydrogen) atoms. The quantitative estimate of drug-likeness (QED) is 0.568. The van der Waals surface area contributed by atoms with E-state index < -0.39 is 12.1 Å². The van der Waals surface area contributed by atoms with Crippen LogP contribution in [0.5, 0.6) is 11.5 Å². The Hall–Kier alpha value is -3.34. The van der Waals surface area contributed by atoms with Crippen LogP contribution < -0.4 is 9.47 Å². The van der Waals surface area contributed by atoms with Crippen LogP contribution in [0.1, 0.15) is 29.8 Å². The van der Waals surface area contributed by atoms with E-state index in [1.54, 1.807) is 44.2 Å². The van der Waals surface area contributed by atoms with Gasteiger partial charge in [0.2, 0.25) is 5.78 Å². The number of ether oxygens (including phenoxy) is 3. The first-order valence-electron chi connectivity index (χ1n) is 8.71. The maximum atomic E-state index is 12.4. The summed E-state index contributed by atoms with van der Waals surface area (Å²) in [5.41, 5.74) is 1.49. The number of carbonyl (C=O) groups is 2. The molecule has 3 rings (SSSR count). The molecule has 0 spiro atoms. The van der Waals surface area contributed by atoms with Gasteiger partial charge in [-0.15, -0.1) is 0 Å². The maximum absolute atomic E-state index is 12.4. The van der Waals surface area contributed by atoms with Crippen LogP contribution in [0.4, 0.5) is 0 Å². The molecule has 138 valence electrons. The van der Waals surface area contributed by atoms with Crippen molar-refractivity contribution in [1.29, 1.82) is 0 Å². The van der Waals surface area contributed by atoms with E-state index in [9.17, 15) is 9.59 Å². The van der Waals surface area contributed by atoms with Crippen molar-refractivity contribution >= 4 is 17.8 Å². The monoisotopic (exact) mass is 364 g/mol. The number of allylic oxidation sites excluding steroid dienone is 3. The van der Waals surface area contributed by atoms with E-state index in [-0.39, 0.29) is 11.5 Å². The van der Waals surface area contributed by atoms with Gasteiger partial charge in [-0.25, -0.2) is 4.79 Å². The van der Waals surface area contributed by atoms with E-state index in [4.69, 9.17) is 14.2 Å². The minimum atomic E-state index is -0.746. The van der Waals surface area contributed by atoms with Gasteiger partial charge in [0, 0.05) is 6.07 Å². The van der Waals surface area contributed by atoms with Crippen LogP contribution in [0.3, 0.4) is 0 Å². The zero-order valence-corrected chi connectivity index (χ0v) is 15.2. The predicted molar refractivity (Wildman–Crippen MR) is 102 cm³/mol. The highest BCUT2D eigenvalue weighted by atomic mass is 16.6. The van der Waals surface area contributed by atoms with Crippen LogP contribution in [0.15, 0.2) is 66.4 Å². The van der Waals surface area contributed by atoms with Gasteiger partial charge in [0.15, 0.2) is 11.9 Å². The lowest BCUT2D eigenvalue weighted by atomic mass is 10.1. The lowest BCUT2D eigenvalue weighted by Crippen LogP contribution is -2.26. The number of fused-ring (bicyclic) bond motifs is 1. The largest absolute Gasteiger partial charge is 0.479 e. The molecule has 0 saturated carbocycles. The summed E-state index contributed by atoms with van der Waals surface area (Å²) in [4.78, 5) is 24.1. The third-order valence-corrected chi connectivity index (χ3v) is 3.91. The third kappa shape index (κ3) is 4.44. The molecule has 0 amide bonds. The summed E-state index contributed by atoms with van der Waals surface area (Å²) in [6, 6.07) is 14.6. The number of carbonyl (C=O) groups excluding carboxylic acids is 2. The number of benzene rings is 2. The van der Waals surface area contributed by atoms with Crippen LogP contribution in [0, 0.1) is 0 Å². The molecular weight excluding hydrogens is 344 g/mol. The zero-order chi connectivity index (χ0) is 19.2. The van der Waals surface area contributed by atoms with Gasteiger partial charge in [-0.2, -0.15) is 0 Å². The fourth-order valence-corrected chi connectivity index (χ4v) is 2.58. The normalized spacial score (nSPS) is 15.5. The first-order valence-corrected chi connectivity index (χ1v) is 8.71. The van der Waals surface area contributed by atoms with E-state index in [0.29, 0.717) is 23.7 Å². The second-order valence-electron chi connectivity index (χ2n) is 5.90. The topological polar surface area (TPSA) is 61.8 Å². The summed E-state index contributed by atoms with van der Waals surface area (Å²) in [5, 5.41) is 0. The van der Waals surface area contributed by atoms with Gasteiger partial charge in [-0.3, -0.25) is 4.79 Å². The van der Waals surface area contributed by atoms with Gasteiger partial charge in [0.25, 0.3) is 0 Å². The molecule has 1 aliphatic rings. The molecule has 1 atom stereocenters. The number of ketones is 1. The van der Waals surface area contributed by atoms with E-state index in [0.717, 1.165) is 5.56 Å². The lowest BCUT2D eigenvalue weighted by Gasteiger charge is -2.13. The van der Waals surface area contributed by atoms with Gasteiger partial charge in [0.05, 0.1) is 12.2 Å². The Kier molecular flexibility index (Phi) is 5.71. The molecule has 0 radical (unpaired) electrons. The summed E-state index contributed by atoms with van der Waals surface area (Å²) in [7, 11) is 0. The van der Waals surface area contributed by atoms with Crippen molar-refractivity contribution in [3.8, 4) is 11.5 Å². The van der Waals surface area contributed by atoms with Gasteiger partial charge in [0.1, 0.15) is 11.5 Å². The Balaban J connectivity index is 1.70. The predicted octanol–water partition coefficient (Wildman–Crippen LogP) is 4.19. The first-order chi connectivity index (χ1) is 13.1. The van der Waals surface area contributed by atoms with Crippen molar-refractivity contribution in [3.05, 3.63) is 77.6 Å². The summed E-state index contributed by atoms with van der Waals surface area (Å²) >= 11 is 0. The maximum Gasteiger partial charge on any atom is 0.347 e. The first kappa shape index (κ1) is 18.5. The number of Topliss-reactive ketones (excluding diaryl/α,β-unsaturated/α-hetero) is 1. The van der Waals surface area contributed by atoms with Crippen molar-refractivity contribution in [1.82, 2.24) is 0 Å². The van der Waals surface area contributed by atoms with Crippen LogP contribution in [-0.2, 0) is 9.53 Å². The van der Waals surface area contributed by atoms with Crippen molar-refractivity contribution in [2.75, 3.05) is 6.61 Å². The molecule has 0 aromatic heterocycles. The van der Waals surface area contributed by atoms with E-state index in [1.807, 2.05) is 36.4 Å². The highest BCUT2D eigenvalue weighted by Gasteiger charge is 2.27. The number of rotatable bonds is 6. The van der Waals surface area contributed by atoms with Crippen molar-refractivity contribution in [2.45, 2.75) is 20.0 Å². The van der Waals surface area contributed by atoms with E-state index in [1.165, 1.54) is 0 Å². The van der Waals surface area contributed by atoms with Crippen LogP contribution in [0.25, 0.3) is 6.08 Å². The Morgan fingerprint density at radius 2 is 1.96 bits per heavy atom. The Morgan fingerprint density at radius 3 is 2.70 bits per heavy atom. The molecule has 1 aliphatic heterocycles. The molecule has 0 fully saturated rings. The van der Waals surface area contributed by atoms with Crippen molar-refractivity contribution < 1.29 is 23.8 Å². The Bertz CT molecular complexity index is 896. The van der Waals surface area contributed by atoms with Gasteiger partial charge < -0.3 is 14.2 Å². The zero-order valence-electron chi connectivity index (χ0n) is 15.2. The van der Waals surface area contributed by atoms with Crippen LogP contribution in [0.2, 0.25) is 0 Å². The average Bonchev–Trinajstić information content (AvgIpc) is 2.98. The molecule has 1 heterocycles. The molecule has 2 aromatic rings. The lowest BCUT2D eigenvalue weighted by molar-refractivity contribution is -0.150. The summed E-state index contributed by atoms with van der Waals surface area (Å²) in [5.74, 6) is 0.457. The summed E-state index contributed by atoms with van der Waals surface area (Å²) in [6.07, 6.45) is 4.55. The molecule has 0 N–H and O–H groups in total. The van der Waals surface area contributed by atoms with Crippen LogP contribution >= 0.6 is 0 Å². The highest BCUT2D eigenvalue weighted by molar-refractivity contribution is 6.12. The van der Waals surface area contributed by atoms with Crippen molar-refractivity contribution in [3.63, 3.8) is 0 Å². The minimum absolute atomic E-state index is 0.187. The third-order valence-electron chi connectivity index (χ3n) is 3.91. The Morgan fingerprint density at radius 1 is 1.19 bits per heavy atom. The molecule has 5 nitrogen and oxygen atoms in total. The van der Waals surface area contributed by atoms with Gasteiger partial charge >= 0.3 is 5.97 Å². The fourth-order valence-electron chi connectivity index (χ4n) is 2.58. The number of hydrogen-bond acceptors (Lipinski definition) is 5. The molecule has 0 aliphatic carbocycles. The molecule has 5 heteroatoms. The fraction of sp³-hybridized carbons (Fsp3) is 0.182. The number of hydrogen-bond donors (Lipinski definition) is 0. The molecular formula is C22H20O5. The second kappa shape index (κ2) is 8.36. The standard InChI is InChI=1S/C22H20O5/c1-3-25-22(24)15(2)26-17-12-13-18-20(14-17)27-19(21(18)23)11-7-10-16-8-5-4-6-9-16/h4-15H,3H2,1-2H3/b10-7+,19-11-/t15-/m0/s1. The molecule has 2 aromatic carbocycles. The molecule has 0 unspecified atom stereocenters. The van der Waals surface area contributed by atoms with Crippen LogP contribution in [-0.4, -0.2) is 24.5 Å². The number of esters is 1. The highest BCUT2D eigenvalue weighted by Crippen LogP contribution is 2.34. The molecule has 0 saturated heterocycles. The van der Waals surface area contributed by atoms with Gasteiger partial charge in [-0.05, 0) is 37.6 Å². The van der Waals surface area contributed by atoms with E-state index >= 15 is 0 Å². The van der Waals surface area contributed by atoms with Crippen molar-refractivity contribution in [2.24, 2.45) is 0 Å². The Labute approximate surface area is 157 Å². The minimum Gasteiger partial charge on any atom is -0.479 e. The summed E-state index contributed by atoms with van der Waals surface area (Å²) < 4.78 is 16.1. The van der Waals surface area contributed by atoms with Gasteiger partial charge in [-0.1, -0.05) is 42.5 Å².